The molecule has 0 fully saturated rings. The van der Waals surface area contributed by atoms with Gasteiger partial charge in [0.15, 0.2) is 0 Å². The second-order valence-corrected chi connectivity index (χ2v) is 3.67. The largest absolute Gasteiger partial charge is 0.392 e. The van der Waals surface area contributed by atoms with Gasteiger partial charge in [-0.3, -0.25) is 0 Å². The summed E-state index contributed by atoms with van der Waals surface area (Å²) in [5, 5.41) is 17.9. The molecular formula is C13H14O2. The van der Waals surface area contributed by atoms with Gasteiger partial charge in [0, 0.05) is 0 Å². The van der Waals surface area contributed by atoms with E-state index in [1.165, 1.54) is 5.57 Å². The fourth-order valence-corrected chi connectivity index (χ4v) is 1.72. The van der Waals surface area contributed by atoms with E-state index in [0.717, 1.165) is 23.1 Å². The van der Waals surface area contributed by atoms with Crippen molar-refractivity contribution in [2.24, 2.45) is 0 Å². The molecule has 1 aliphatic carbocycles. The third-order valence-corrected chi connectivity index (χ3v) is 2.63. The van der Waals surface area contributed by atoms with Crippen LogP contribution in [0.3, 0.4) is 0 Å². The first-order valence-corrected chi connectivity index (χ1v) is 5.04. The van der Waals surface area contributed by atoms with Crippen LogP contribution in [0.1, 0.15) is 17.5 Å². The van der Waals surface area contributed by atoms with Crippen molar-refractivity contribution < 1.29 is 10.2 Å². The predicted molar refractivity (Wildman–Crippen MR) is 60.1 cm³/mol. The maximum absolute atomic E-state index is 8.97. The lowest BCUT2D eigenvalue weighted by Gasteiger charge is -2.02. The molecule has 0 heterocycles. The molecule has 1 aromatic rings. The Hall–Kier alpha value is -1.38. The molecule has 2 N–H and O–H groups in total. The Morgan fingerprint density at radius 2 is 1.73 bits per heavy atom. The standard InChI is InChI=1S/C13H14O2/c14-8-10-1-4-12(5-2-10)13-6-3-11(7-13)9-15/h1-5,7,14-15H,6,8-9H2. The molecule has 0 atom stereocenters. The summed E-state index contributed by atoms with van der Waals surface area (Å²) in [7, 11) is 0. The lowest BCUT2D eigenvalue weighted by Crippen LogP contribution is -1.85. The Morgan fingerprint density at radius 1 is 1.00 bits per heavy atom. The molecular weight excluding hydrogens is 188 g/mol. The van der Waals surface area contributed by atoms with Crippen LogP contribution in [0.15, 0.2) is 42.0 Å². The highest BCUT2D eigenvalue weighted by Crippen LogP contribution is 2.26. The SMILES string of the molecule is OCC1=CCC(c2ccc(CO)cc2)=C1. The quantitative estimate of drug-likeness (QED) is 0.785. The Kier molecular flexibility index (Phi) is 2.99. The molecule has 0 saturated carbocycles. The molecule has 1 aromatic carbocycles. The van der Waals surface area contributed by atoms with Gasteiger partial charge in [-0.2, -0.15) is 0 Å². The fourth-order valence-electron chi connectivity index (χ4n) is 1.72. The van der Waals surface area contributed by atoms with Gasteiger partial charge in [-0.05, 0) is 28.7 Å². The molecule has 2 heteroatoms. The molecule has 2 rings (SSSR count). The Morgan fingerprint density at radius 3 is 2.27 bits per heavy atom. The van der Waals surface area contributed by atoms with Crippen molar-refractivity contribution in [1.29, 1.82) is 0 Å². The third-order valence-electron chi connectivity index (χ3n) is 2.63. The molecule has 0 aliphatic heterocycles. The Labute approximate surface area is 89.2 Å². The average Bonchev–Trinajstić information content (AvgIpc) is 2.78. The van der Waals surface area contributed by atoms with E-state index >= 15 is 0 Å². The summed E-state index contributed by atoms with van der Waals surface area (Å²) in [6, 6.07) is 7.86. The third kappa shape index (κ3) is 2.17. The fraction of sp³-hybridized carbons (Fsp3) is 0.231. The molecule has 0 aromatic heterocycles. The van der Waals surface area contributed by atoms with Crippen LogP contribution >= 0.6 is 0 Å². The maximum atomic E-state index is 8.97. The van der Waals surface area contributed by atoms with Gasteiger partial charge in [0.05, 0.1) is 13.2 Å². The Balaban J connectivity index is 2.18. The molecule has 0 bridgehead atoms. The number of allylic oxidation sites excluding steroid dienone is 2. The highest BCUT2D eigenvalue weighted by Gasteiger charge is 2.07. The van der Waals surface area contributed by atoms with E-state index in [-0.39, 0.29) is 13.2 Å². The molecule has 0 unspecified atom stereocenters. The summed E-state index contributed by atoms with van der Waals surface area (Å²) in [6.07, 6.45) is 4.94. The summed E-state index contributed by atoms with van der Waals surface area (Å²) in [4.78, 5) is 0. The first kappa shape index (κ1) is 10.1. The van der Waals surface area contributed by atoms with E-state index in [1.807, 2.05) is 36.4 Å². The van der Waals surface area contributed by atoms with Crippen molar-refractivity contribution in [3.05, 3.63) is 53.1 Å². The molecule has 0 amide bonds. The number of aliphatic hydroxyl groups is 2. The summed E-state index contributed by atoms with van der Waals surface area (Å²) < 4.78 is 0. The zero-order valence-electron chi connectivity index (χ0n) is 8.48. The molecule has 0 spiro atoms. The number of benzene rings is 1. The second-order valence-electron chi connectivity index (χ2n) is 3.67. The van der Waals surface area contributed by atoms with Crippen LogP contribution in [0, 0.1) is 0 Å². The highest BCUT2D eigenvalue weighted by atomic mass is 16.3. The van der Waals surface area contributed by atoms with Gasteiger partial charge in [0.2, 0.25) is 0 Å². The number of aliphatic hydroxyl groups excluding tert-OH is 2. The lowest BCUT2D eigenvalue weighted by molar-refractivity contribution is 0.282. The molecule has 2 nitrogen and oxygen atoms in total. The van der Waals surface area contributed by atoms with Gasteiger partial charge < -0.3 is 10.2 Å². The normalized spacial score (nSPS) is 15.1. The van der Waals surface area contributed by atoms with Crippen LogP contribution in [-0.2, 0) is 6.61 Å². The minimum Gasteiger partial charge on any atom is -0.392 e. The lowest BCUT2D eigenvalue weighted by atomic mass is 10.0. The first-order valence-electron chi connectivity index (χ1n) is 5.04. The molecule has 15 heavy (non-hydrogen) atoms. The average molecular weight is 202 g/mol. The van der Waals surface area contributed by atoms with E-state index in [9.17, 15) is 0 Å². The maximum Gasteiger partial charge on any atom is 0.0681 e. The van der Waals surface area contributed by atoms with Crippen molar-refractivity contribution in [1.82, 2.24) is 0 Å². The van der Waals surface area contributed by atoms with Gasteiger partial charge in [-0.15, -0.1) is 0 Å². The van der Waals surface area contributed by atoms with E-state index < -0.39 is 0 Å². The van der Waals surface area contributed by atoms with Crippen LogP contribution in [0.4, 0.5) is 0 Å². The minimum absolute atomic E-state index is 0.0828. The topological polar surface area (TPSA) is 40.5 Å². The van der Waals surface area contributed by atoms with E-state index in [2.05, 4.69) is 0 Å². The molecule has 0 radical (unpaired) electrons. The van der Waals surface area contributed by atoms with Gasteiger partial charge in [-0.25, -0.2) is 0 Å². The van der Waals surface area contributed by atoms with Crippen molar-refractivity contribution >= 4 is 5.57 Å². The van der Waals surface area contributed by atoms with Gasteiger partial charge >= 0.3 is 0 Å². The smallest absolute Gasteiger partial charge is 0.0681 e. The Bertz CT molecular complexity index is 399. The van der Waals surface area contributed by atoms with Crippen molar-refractivity contribution in [3.63, 3.8) is 0 Å². The zero-order valence-corrected chi connectivity index (χ0v) is 8.48. The summed E-state index contributed by atoms with van der Waals surface area (Å²) in [6.45, 7) is 0.192. The van der Waals surface area contributed by atoms with Crippen LogP contribution in [-0.4, -0.2) is 16.8 Å². The van der Waals surface area contributed by atoms with Gasteiger partial charge in [0.25, 0.3) is 0 Å². The van der Waals surface area contributed by atoms with Gasteiger partial charge in [-0.1, -0.05) is 36.4 Å². The van der Waals surface area contributed by atoms with Crippen LogP contribution in [0.25, 0.3) is 5.57 Å². The predicted octanol–water partition coefficient (Wildman–Crippen LogP) is 1.88. The van der Waals surface area contributed by atoms with Crippen LogP contribution in [0.5, 0.6) is 0 Å². The van der Waals surface area contributed by atoms with Crippen molar-refractivity contribution in [3.8, 4) is 0 Å². The summed E-state index contributed by atoms with van der Waals surface area (Å²) in [5.41, 5.74) is 4.29. The second kappa shape index (κ2) is 4.43. The van der Waals surface area contributed by atoms with Gasteiger partial charge in [0.1, 0.15) is 0 Å². The van der Waals surface area contributed by atoms with E-state index in [4.69, 9.17) is 10.2 Å². The summed E-state index contributed by atoms with van der Waals surface area (Å²) >= 11 is 0. The number of hydrogen-bond acceptors (Lipinski definition) is 2. The van der Waals surface area contributed by atoms with E-state index in [0.29, 0.717) is 0 Å². The molecule has 78 valence electrons. The number of hydrogen-bond donors (Lipinski definition) is 2. The van der Waals surface area contributed by atoms with Crippen molar-refractivity contribution in [2.75, 3.05) is 6.61 Å². The van der Waals surface area contributed by atoms with Crippen molar-refractivity contribution in [2.45, 2.75) is 13.0 Å². The first-order chi connectivity index (χ1) is 7.33. The molecule has 0 saturated heterocycles. The zero-order chi connectivity index (χ0) is 10.7. The van der Waals surface area contributed by atoms with Crippen LogP contribution < -0.4 is 0 Å². The minimum atomic E-state index is 0.0828. The number of rotatable bonds is 3. The van der Waals surface area contributed by atoms with Crippen LogP contribution in [0.2, 0.25) is 0 Å². The summed E-state index contributed by atoms with van der Waals surface area (Å²) in [5.74, 6) is 0. The monoisotopic (exact) mass is 202 g/mol. The highest BCUT2D eigenvalue weighted by molar-refractivity contribution is 5.72. The molecule has 1 aliphatic rings. The van der Waals surface area contributed by atoms with E-state index in [1.54, 1.807) is 0 Å².